The number of aromatic nitrogens is 2. The first-order valence-corrected chi connectivity index (χ1v) is 10.8. The first kappa shape index (κ1) is 26.6. The maximum Gasteiger partial charge on any atom is 0.297 e. The summed E-state index contributed by atoms with van der Waals surface area (Å²) < 4.78 is 43.5. The number of amides is 1. The summed E-state index contributed by atoms with van der Waals surface area (Å²) in [6, 6.07) is 4.09. The third-order valence-electron chi connectivity index (χ3n) is 4.97. The summed E-state index contributed by atoms with van der Waals surface area (Å²) >= 11 is 0. The van der Waals surface area contributed by atoms with Crippen LogP contribution >= 0.6 is 0 Å². The van der Waals surface area contributed by atoms with Gasteiger partial charge in [-0.15, -0.1) is 0 Å². The highest BCUT2D eigenvalue weighted by molar-refractivity contribution is 5.91. The number of ether oxygens (including phenoxy) is 1. The van der Waals surface area contributed by atoms with Crippen molar-refractivity contribution < 1.29 is 39.3 Å². The third-order valence-corrected chi connectivity index (χ3v) is 4.97. The SMILES string of the molecule is O=C(c1cnccn1)N1CCN(c2ccc(N(O)C[C@@H](O)CNCOCC(F)F)cc2F)CCO1.[HH]. The summed E-state index contributed by atoms with van der Waals surface area (Å²) in [5, 5.41) is 24.6. The number of benzene rings is 1. The van der Waals surface area contributed by atoms with Crippen LogP contribution in [0.3, 0.4) is 0 Å². The minimum atomic E-state index is -2.58. The molecule has 1 atom stereocenters. The number of halogens is 3. The van der Waals surface area contributed by atoms with E-state index in [9.17, 15) is 28.3 Å². The average Bonchev–Trinajstić information content (AvgIpc) is 3.10. The predicted octanol–water partition coefficient (Wildman–Crippen LogP) is 1.14. The summed E-state index contributed by atoms with van der Waals surface area (Å²) in [4.78, 5) is 27.5. The lowest BCUT2D eigenvalue weighted by atomic mass is 10.2. The van der Waals surface area contributed by atoms with Crippen LogP contribution in [0.25, 0.3) is 0 Å². The Labute approximate surface area is 201 Å². The first-order valence-electron chi connectivity index (χ1n) is 10.8. The number of nitrogens with one attached hydrogen (secondary N) is 1. The normalized spacial score (nSPS) is 15.3. The fraction of sp³-hybridized carbons (Fsp3) is 0.476. The standard InChI is InChI=1S/C21H27F3N6O5.H2/c22-17-9-15(29(33)12-16(31)10-26-14-34-13-20(23)24)1-2-19(17)28-5-6-30(35-8-7-28)21(32)18-11-25-3-4-27-18;/h1-4,9,11,16,20,26,31,33H,5-8,10,12-14H2;1H/t16-;/m0./s1. The van der Waals surface area contributed by atoms with Crippen LogP contribution in [0.2, 0.25) is 0 Å². The van der Waals surface area contributed by atoms with Gasteiger partial charge in [-0.2, -0.15) is 0 Å². The molecule has 1 aliphatic rings. The molecule has 0 unspecified atom stereocenters. The number of alkyl halides is 2. The summed E-state index contributed by atoms with van der Waals surface area (Å²) in [7, 11) is 0. The van der Waals surface area contributed by atoms with Crippen molar-refractivity contribution in [1.82, 2.24) is 20.3 Å². The van der Waals surface area contributed by atoms with Crippen LogP contribution < -0.4 is 15.3 Å². The molecule has 14 heteroatoms. The predicted molar refractivity (Wildman–Crippen MR) is 120 cm³/mol. The number of carbonyl (C=O) groups excluding carboxylic acids is 1. The van der Waals surface area contributed by atoms with E-state index in [0.29, 0.717) is 18.2 Å². The first-order chi connectivity index (χ1) is 16.8. The van der Waals surface area contributed by atoms with Gasteiger partial charge in [-0.05, 0) is 12.1 Å². The molecule has 1 saturated heterocycles. The van der Waals surface area contributed by atoms with Gasteiger partial charge in [0.15, 0.2) is 0 Å². The van der Waals surface area contributed by atoms with Crippen molar-refractivity contribution >= 4 is 17.3 Å². The third kappa shape index (κ3) is 8.00. The van der Waals surface area contributed by atoms with Crippen LogP contribution in [-0.4, -0.2) is 96.4 Å². The summed E-state index contributed by atoms with van der Waals surface area (Å²) in [6.07, 6.45) is 0.536. The van der Waals surface area contributed by atoms with Gasteiger partial charge in [0.05, 0.1) is 50.1 Å². The lowest BCUT2D eigenvalue weighted by Gasteiger charge is -2.25. The van der Waals surface area contributed by atoms with Crippen LogP contribution in [0.15, 0.2) is 36.8 Å². The monoisotopic (exact) mass is 502 g/mol. The van der Waals surface area contributed by atoms with E-state index in [0.717, 1.165) is 6.07 Å². The Morgan fingerprint density at radius 1 is 1.31 bits per heavy atom. The zero-order valence-corrected chi connectivity index (χ0v) is 18.8. The van der Waals surface area contributed by atoms with Crippen molar-refractivity contribution in [3.8, 4) is 0 Å². The van der Waals surface area contributed by atoms with E-state index in [2.05, 4.69) is 20.0 Å². The molecule has 0 radical (unpaired) electrons. The topological polar surface area (TPSA) is 124 Å². The van der Waals surface area contributed by atoms with Crippen molar-refractivity contribution in [3.05, 3.63) is 48.3 Å². The van der Waals surface area contributed by atoms with Gasteiger partial charge >= 0.3 is 0 Å². The van der Waals surface area contributed by atoms with Gasteiger partial charge < -0.3 is 14.7 Å². The molecule has 1 fully saturated rings. The van der Waals surface area contributed by atoms with E-state index < -0.39 is 30.9 Å². The highest BCUT2D eigenvalue weighted by Gasteiger charge is 2.24. The van der Waals surface area contributed by atoms with Crippen LogP contribution in [0.1, 0.15) is 11.9 Å². The van der Waals surface area contributed by atoms with Gasteiger partial charge in [0.1, 0.15) is 18.1 Å². The summed E-state index contributed by atoms with van der Waals surface area (Å²) in [6.45, 7) is -0.263. The van der Waals surface area contributed by atoms with Gasteiger partial charge in [0, 0.05) is 39.5 Å². The van der Waals surface area contributed by atoms with Crippen LogP contribution in [0, 0.1) is 5.82 Å². The molecule has 11 nitrogen and oxygen atoms in total. The Morgan fingerprint density at radius 2 is 2.14 bits per heavy atom. The van der Waals surface area contributed by atoms with Gasteiger partial charge in [0.25, 0.3) is 12.3 Å². The number of anilines is 2. The molecule has 1 aromatic heterocycles. The second-order valence-corrected chi connectivity index (χ2v) is 7.55. The number of carbonyl (C=O) groups is 1. The number of hydrogen-bond donors (Lipinski definition) is 3. The minimum absolute atomic E-state index is 0. The molecule has 35 heavy (non-hydrogen) atoms. The smallest absolute Gasteiger partial charge is 0.297 e. The van der Waals surface area contributed by atoms with Crippen LogP contribution in [0.5, 0.6) is 0 Å². The highest BCUT2D eigenvalue weighted by atomic mass is 19.3. The zero-order chi connectivity index (χ0) is 25.2. The van der Waals surface area contributed by atoms with E-state index in [-0.39, 0.29) is 51.5 Å². The summed E-state index contributed by atoms with van der Waals surface area (Å²) in [5.74, 6) is -1.05. The number of hydroxylamine groups is 3. The Hall–Kier alpha value is -3.04. The number of hydrogen-bond acceptors (Lipinski definition) is 10. The molecule has 3 N–H and O–H groups in total. The largest absolute Gasteiger partial charge is 0.390 e. The Balaban J connectivity index is 0.00000456. The van der Waals surface area contributed by atoms with E-state index in [1.807, 2.05) is 0 Å². The molecule has 194 valence electrons. The molecule has 0 spiro atoms. The molecule has 2 aromatic rings. The number of aliphatic hydroxyl groups excluding tert-OH is 1. The fourth-order valence-electron chi connectivity index (χ4n) is 3.32. The Kier molecular flexibility index (Phi) is 9.98. The molecule has 0 saturated carbocycles. The van der Waals surface area contributed by atoms with Crippen molar-refractivity contribution in [2.45, 2.75) is 12.5 Å². The Bertz CT molecular complexity index is 952. The number of rotatable bonds is 11. The quantitative estimate of drug-likeness (QED) is 0.234. The van der Waals surface area contributed by atoms with E-state index in [4.69, 9.17) is 4.84 Å². The molecule has 1 aromatic carbocycles. The Morgan fingerprint density at radius 3 is 2.86 bits per heavy atom. The molecular weight excluding hydrogens is 473 g/mol. The maximum atomic E-state index is 14.9. The van der Waals surface area contributed by atoms with Crippen molar-refractivity contribution in [2.24, 2.45) is 0 Å². The van der Waals surface area contributed by atoms with E-state index in [1.165, 1.54) is 35.8 Å². The van der Waals surface area contributed by atoms with E-state index >= 15 is 0 Å². The molecule has 2 heterocycles. The maximum absolute atomic E-state index is 14.9. The highest BCUT2D eigenvalue weighted by Crippen LogP contribution is 2.25. The van der Waals surface area contributed by atoms with E-state index in [1.54, 1.807) is 4.90 Å². The minimum Gasteiger partial charge on any atom is -0.390 e. The molecule has 0 aliphatic carbocycles. The van der Waals surface area contributed by atoms with Gasteiger partial charge in [-0.25, -0.2) is 23.2 Å². The molecule has 1 aliphatic heterocycles. The van der Waals surface area contributed by atoms with Crippen molar-refractivity contribution in [1.29, 1.82) is 0 Å². The molecule has 0 bridgehead atoms. The van der Waals surface area contributed by atoms with Gasteiger partial charge in [-0.3, -0.25) is 30.2 Å². The summed E-state index contributed by atoms with van der Waals surface area (Å²) in [5.41, 5.74) is 0.514. The second-order valence-electron chi connectivity index (χ2n) is 7.55. The molecular formula is C21H29F3N6O5. The lowest BCUT2D eigenvalue weighted by Crippen LogP contribution is -2.38. The van der Waals surface area contributed by atoms with Crippen LogP contribution in [0.4, 0.5) is 24.5 Å². The van der Waals surface area contributed by atoms with Crippen LogP contribution in [-0.2, 0) is 9.57 Å². The molecule has 3 rings (SSSR count). The fourth-order valence-corrected chi connectivity index (χ4v) is 3.32. The molecule has 1 amide bonds. The zero-order valence-electron chi connectivity index (χ0n) is 18.8. The van der Waals surface area contributed by atoms with Gasteiger partial charge in [-0.1, -0.05) is 0 Å². The van der Waals surface area contributed by atoms with Crippen molar-refractivity contribution in [2.75, 3.05) is 62.6 Å². The number of nitrogens with zero attached hydrogens (tertiary/aromatic N) is 5. The second kappa shape index (κ2) is 13.2. The van der Waals surface area contributed by atoms with Crippen molar-refractivity contribution in [3.63, 3.8) is 0 Å². The van der Waals surface area contributed by atoms with Gasteiger partial charge in [0.2, 0.25) is 0 Å². The average molecular weight is 502 g/mol. The number of aliphatic hydroxyl groups is 1. The lowest BCUT2D eigenvalue weighted by molar-refractivity contribution is -0.112.